The molecule has 0 saturated carbocycles. The fraction of sp³-hybridized carbons (Fsp3) is 0.605. The van der Waals surface area contributed by atoms with Crippen LogP contribution < -0.4 is 5.32 Å². The summed E-state index contributed by atoms with van der Waals surface area (Å²) in [5.74, 6) is 0.588. The van der Waals surface area contributed by atoms with Crippen LogP contribution in [0, 0.1) is 0 Å². The number of nitrogens with one attached hydrogen (secondary N) is 1. The Morgan fingerprint density at radius 3 is 2.08 bits per heavy atom. The number of fused-ring (bicyclic) bond motifs is 1. The number of rotatable bonds is 23. The molecule has 1 aliphatic heterocycles. The minimum Gasteiger partial charge on any atom is -0.355 e. The number of carbonyl (C=O) groups is 2. The summed E-state index contributed by atoms with van der Waals surface area (Å²) < 4.78 is 0. The summed E-state index contributed by atoms with van der Waals surface area (Å²) in [4.78, 5) is 37.3. The number of hydrogen-bond donors (Lipinski definition) is 1. The maximum Gasteiger partial charge on any atom is 0.223 e. The van der Waals surface area contributed by atoms with Crippen LogP contribution in [0.15, 0.2) is 54.7 Å². The lowest BCUT2D eigenvalue weighted by molar-refractivity contribution is -0.135. The molecule has 0 atom stereocenters. The Morgan fingerprint density at radius 1 is 0.784 bits per heavy atom. The second-order valence-electron chi connectivity index (χ2n) is 14.4. The van der Waals surface area contributed by atoms with Crippen molar-refractivity contribution in [3.05, 3.63) is 65.3 Å². The number of halogens is 1. The number of piperidine rings is 1. The fourth-order valence-corrected chi connectivity index (χ4v) is 7.57. The number of anilines is 2. The van der Waals surface area contributed by atoms with Gasteiger partial charge in [-0.1, -0.05) is 88.4 Å². The monoisotopic (exact) mass is 717 g/mol. The molecule has 280 valence electrons. The van der Waals surface area contributed by atoms with Gasteiger partial charge in [0.15, 0.2) is 0 Å². The van der Waals surface area contributed by atoms with Crippen molar-refractivity contribution in [2.45, 2.75) is 136 Å². The van der Waals surface area contributed by atoms with Crippen LogP contribution in [0.1, 0.15) is 129 Å². The lowest BCUT2D eigenvalue weighted by Crippen LogP contribution is -2.47. The van der Waals surface area contributed by atoms with Gasteiger partial charge in [0, 0.05) is 79.6 Å². The molecule has 0 unspecified atom stereocenters. The Hall–Kier alpha value is -3.16. The fourth-order valence-electron chi connectivity index (χ4n) is 7.40. The molecule has 2 amide bonds. The van der Waals surface area contributed by atoms with Gasteiger partial charge in [-0.25, -0.2) is 0 Å². The predicted molar refractivity (Wildman–Crippen MR) is 215 cm³/mol. The highest BCUT2D eigenvalue weighted by Gasteiger charge is 2.28. The van der Waals surface area contributed by atoms with E-state index in [0.29, 0.717) is 30.3 Å². The Morgan fingerprint density at radius 2 is 1.41 bits per heavy atom. The average Bonchev–Trinajstić information content (AvgIpc) is 3.14. The number of nitrogens with zero attached hydrogens (tertiary/aromatic N) is 4. The van der Waals surface area contributed by atoms with Crippen LogP contribution in [0.2, 0.25) is 5.02 Å². The first-order valence-corrected chi connectivity index (χ1v) is 20.5. The van der Waals surface area contributed by atoms with Crippen molar-refractivity contribution in [3.63, 3.8) is 0 Å². The highest BCUT2D eigenvalue weighted by atomic mass is 35.5. The van der Waals surface area contributed by atoms with E-state index in [1.807, 2.05) is 43.0 Å². The quantitative estimate of drug-likeness (QED) is 0.0989. The van der Waals surface area contributed by atoms with Gasteiger partial charge in [-0.2, -0.15) is 0 Å². The van der Waals surface area contributed by atoms with Crippen LogP contribution in [0.4, 0.5) is 11.4 Å². The van der Waals surface area contributed by atoms with Gasteiger partial charge in [-0.05, 0) is 94.5 Å². The number of unbranched alkanes of at least 4 members (excludes halogenated alkanes) is 10. The number of amides is 2. The van der Waals surface area contributed by atoms with E-state index in [2.05, 4.69) is 51.3 Å². The van der Waals surface area contributed by atoms with Crippen LogP contribution in [0.3, 0.4) is 0 Å². The Bertz CT molecular complexity index is 1450. The molecule has 0 aliphatic carbocycles. The summed E-state index contributed by atoms with van der Waals surface area (Å²) >= 11 is 6.20. The lowest BCUT2D eigenvalue weighted by atomic mass is 10.00. The van der Waals surface area contributed by atoms with Crippen LogP contribution in [-0.4, -0.2) is 70.3 Å². The maximum atomic E-state index is 13.8. The highest BCUT2D eigenvalue weighted by Crippen LogP contribution is 2.28. The van der Waals surface area contributed by atoms with E-state index in [1.54, 1.807) is 6.20 Å². The minimum absolute atomic E-state index is 0.270. The Labute approximate surface area is 313 Å². The highest BCUT2D eigenvalue weighted by molar-refractivity contribution is 6.31. The predicted octanol–water partition coefficient (Wildman–Crippen LogP) is 10.8. The van der Waals surface area contributed by atoms with Gasteiger partial charge in [0.25, 0.3) is 0 Å². The molecule has 8 heteroatoms. The number of likely N-dealkylation sites (tertiary alicyclic amines) is 1. The van der Waals surface area contributed by atoms with Crippen LogP contribution in [0.25, 0.3) is 10.9 Å². The van der Waals surface area contributed by atoms with Gasteiger partial charge in [-0.3, -0.25) is 14.6 Å². The topological polar surface area (TPSA) is 68.8 Å². The van der Waals surface area contributed by atoms with Crippen molar-refractivity contribution in [1.82, 2.24) is 19.7 Å². The van der Waals surface area contributed by atoms with Gasteiger partial charge >= 0.3 is 0 Å². The molecule has 4 rings (SSSR count). The zero-order valence-corrected chi connectivity index (χ0v) is 32.6. The summed E-state index contributed by atoms with van der Waals surface area (Å²) in [5.41, 5.74) is 4.01. The molecule has 0 spiro atoms. The molecule has 1 aromatic heterocycles. The number of benzene rings is 2. The largest absolute Gasteiger partial charge is 0.355 e. The normalized spacial score (nSPS) is 13.8. The van der Waals surface area contributed by atoms with Crippen LogP contribution in [-0.2, 0) is 16.1 Å². The summed E-state index contributed by atoms with van der Waals surface area (Å²) in [7, 11) is 0. The molecule has 1 fully saturated rings. The zero-order valence-electron chi connectivity index (χ0n) is 31.8. The second-order valence-corrected chi connectivity index (χ2v) is 14.8. The lowest BCUT2D eigenvalue weighted by Gasteiger charge is -2.39. The van der Waals surface area contributed by atoms with Crippen molar-refractivity contribution < 1.29 is 9.59 Å². The van der Waals surface area contributed by atoms with Crippen molar-refractivity contribution in [2.75, 3.05) is 38.0 Å². The first-order valence-electron chi connectivity index (χ1n) is 20.1. The first kappa shape index (κ1) is 40.6. The molecule has 2 heterocycles. The number of pyridine rings is 1. The van der Waals surface area contributed by atoms with E-state index >= 15 is 0 Å². The first-order chi connectivity index (χ1) is 24.9. The minimum atomic E-state index is 0.270. The van der Waals surface area contributed by atoms with E-state index in [0.717, 1.165) is 106 Å². The standard InChI is InChI=1S/C43H64ClN5O2/c1-4-7-8-9-10-11-12-13-15-19-43(51)49(38-27-31-47(32-28-38)30-17-14-16-18-42(50)48(5-2)6-3)34-35-20-23-37(24-21-35)46-40-26-29-45-41-33-36(44)22-25-39(40)41/h20-26,29,33,38H,4-19,27-28,30-32,34H2,1-3H3,(H,45,46). The van der Waals surface area contributed by atoms with E-state index < -0.39 is 0 Å². The van der Waals surface area contributed by atoms with Crippen LogP contribution >= 0.6 is 11.6 Å². The third kappa shape index (κ3) is 13.7. The average molecular weight is 718 g/mol. The molecule has 7 nitrogen and oxygen atoms in total. The zero-order chi connectivity index (χ0) is 36.3. The van der Waals surface area contributed by atoms with Gasteiger partial charge in [0.2, 0.25) is 11.8 Å². The number of carbonyl (C=O) groups excluding carboxylic acids is 2. The molecule has 3 aromatic rings. The molecule has 2 aromatic carbocycles. The van der Waals surface area contributed by atoms with E-state index in [1.165, 1.54) is 44.9 Å². The van der Waals surface area contributed by atoms with Crippen LogP contribution in [0.5, 0.6) is 0 Å². The van der Waals surface area contributed by atoms with E-state index in [9.17, 15) is 9.59 Å². The molecule has 1 aliphatic rings. The van der Waals surface area contributed by atoms with Gasteiger partial charge in [0.05, 0.1) is 5.52 Å². The molecule has 1 saturated heterocycles. The molecule has 1 N–H and O–H groups in total. The number of aromatic nitrogens is 1. The van der Waals surface area contributed by atoms with E-state index in [-0.39, 0.29) is 11.9 Å². The van der Waals surface area contributed by atoms with E-state index in [4.69, 9.17) is 11.6 Å². The van der Waals surface area contributed by atoms with Gasteiger partial charge in [0.1, 0.15) is 0 Å². The van der Waals surface area contributed by atoms with Gasteiger partial charge in [-0.15, -0.1) is 0 Å². The third-order valence-electron chi connectivity index (χ3n) is 10.6. The summed E-state index contributed by atoms with van der Waals surface area (Å²) in [5, 5.41) is 5.25. The Balaban J connectivity index is 1.29. The maximum absolute atomic E-state index is 13.8. The van der Waals surface area contributed by atoms with Gasteiger partial charge < -0.3 is 20.0 Å². The molecule has 0 radical (unpaired) electrons. The summed E-state index contributed by atoms with van der Waals surface area (Å²) in [6.07, 6.45) is 19.6. The molecular weight excluding hydrogens is 654 g/mol. The number of hydrogen-bond acceptors (Lipinski definition) is 5. The summed E-state index contributed by atoms with van der Waals surface area (Å²) in [6, 6.07) is 16.6. The van der Waals surface area contributed by atoms with Crippen molar-refractivity contribution in [3.8, 4) is 0 Å². The molecule has 51 heavy (non-hydrogen) atoms. The Kier molecular flexibility index (Phi) is 18.1. The summed E-state index contributed by atoms with van der Waals surface area (Å²) in [6.45, 7) is 11.7. The third-order valence-corrected chi connectivity index (χ3v) is 10.8. The van der Waals surface area contributed by atoms with Crippen molar-refractivity contribution >= 4 is 45.7 Å². The van der Waals surface area contributed by atoms with Crippen molar-refractivity contribution in [1.29, 1.82) is 0 Å². The smallest absolute Gasteiger partial charge is 0.223 e. The van der Waals surface area contributed by atoms with Crippen molar-refractivity contribution in [2.24, 2.45) is 0 Å². The second kappa shape index (κ2) is 22.7. The SMILES string of the molecule is CCCCCCCCCCCC(=O)N(Cc1ccc(Nc2ccnc3cc(Cl)ccc23)cc1)C1CCN(CCCCCC(=O)N(CC)CC)CC1. The molecular formula is C43H64ClN5O2. The molecule has 0 bridgehead atoms.